The largest absolute Gasteiger partial charge is 0.454 e. The van der Waals surface area contributed by atoms with Gasteiger partial charge in [-0.25, -0.2) is 0 Å². The molecule has 0 saturated heterocycles. The summed E-state index contributed by atoms with van der Waals surface area (Å²) in [5.74, 6) is 1.31. The van der Waals surface area contributed by atoms with Gasteiger partial charge in [0.2, 0.25) is 12.7 Å². The van der Waals surface area contributed by atoms with Crippen molar-refractivity contribution in [3.8, 4) is 11.5 Å². The summed E-state index contributed by atoms with van der Waals surface area (Å²) in [7, 11) is 0. The molecular weight excluding hydrogens is 356 g/mol. The molecule has 2 N–H and O–H groups in total. The van der Waals surface area contributed by atoms with E-state index in [-0.39, 0.29) is 24.7 Å². The van der Waals surface area contributed by atoms with Crippen molar-refractivity contribution in [2.45, 2.75) is 33.2 Å². The van der Waals surface area contributed by atoms with Gasteiger partial charge in [-0.1, -0.05) is 6.07 Å². The quantitative estimate of drug-likeness (QED) is 0.715. The lowest BCUT2D eigenvalue weighted by molar-refractivity contribution is -0.121. The van der Waals surface area contributed by atoms with E-state index in [0.717, 1.165) is 27.8 Å². The highest BCUT2D eigenvalue weighted by Crippen LogP contribution is 2.32. The number of benzene rings is 2. The summed E-state index contributed by atoms with van der Waals surface area (Å²) >= 11 is 0. The van der Waals surface area contributed by atoms with Crippen molar-refractivity contribution in [3.63, 3.8) is 0 Å². The summed E-state index contributed by atoms with van der Waals surface area (Å²) in [5.41, 5.74) is 4.55. The summed E-state index contributed by atoms with van der Waals surface area (Å²) in [6, 6.07) is 11.5. The topological polar surface area (TPSA) is 80.4 Å². The minimum Gasteiger partial charge on any atom is -0.454 e. The molecule has 0 radical (unpaired) electrons. The van der Waals surface area contributed by atoms with Gasteiger partial charge in [0.15, 0.2) is 11.5 Å². The second kappa shape index (κ2) is 7.38. The molecule has 2 aromatic carbocycles. The average molecular weight is 378 g/mol. The zero-order chi connectivity index (χ0) is 19.7. The molecule has 0 fully saturated rings. The molecule has 1 amide bonds. The number of ether oxygens (including phenoxy) is 2. The molecule has 0 spiro atoms. The van der Waals surface area contributed by atoms with Gasteiger partial charge in [-0.3, -0.25) is 9.59 Å². The summed E-state index contributed by atoms with van der Waals surface area (Å²) in [6.45, 7) is 4.70. The maximum absolute atomic E-state index is 12.3. The van der Waals surface area contributed by atoms with Crippen molar-refractivity contribution < 1.29 is 14.3 Å². The zero-order valence-corrected chi connectivity index (χ0v) is 15.9. The SMILES string of the molecule is Cc1cc2cc(CCC(=O)NCc3ccc4c(c3)OCO4)c(=O)[nH]c2cc1C. The maximum atomic E-state index is 12.3. The molecule has 0 atom stereocenters. The zero-order valence-electron chi connectivity index (χ0n) is 15.9. The van der Waals surface area contributed by atoms with Gasteiger partial charge < -0.3 is 19.8 Å². The van der Waals surface area contributed by atoms with Gasteiger partial charge in [-0.15, -0.1) is 0 Å². The number of hydrogen-bond acceptors (Lipinski definition) is 4. The molecule has 0 bridgehead atoms. The van der Waals surface area contributed by atoms with Crippen molar-refractivity contribution in [2.75, 3.05) is 6.79 Å². The number of carbonyl (C=O) groups is 1. The van der Waals surface area contributed by atoms with Gasteiger partial charge in [0.25, 0.3) is 5.56 Å². The first-order valence-electron chi connectivity index (χ1n) is 9.28. The van der Waals surface area contributed by atoms with Crippen molar-refractivity contribution in [3.05, 3.63) is 69.0 Å². The van der Waals surface area contributed by atoms with Crippen LogP contribution < -0.4 is 20.3 Å². The summed E-state index contributed by atoms with van der Waals surface area (Å²) in [5, 5.41) is 3.87. The number of fused-ring (bicyclic) bond motifs is 2. The Labute approximate surface area is 162 Å². The highest BCUT2D eigenvalue weighted by atomic mass is 16.7. The predicted molar refractivity (Wildman–Crippen MR) is 107 cm³/mol. The van der Waals surface area contributed by atoms with Crippen LogP contribution in [0.4, 0.5) is 0 Å². The van der Waals surface area contributed by atoms with Crippen LogP contribution in [-0.4, -0.2) is 17.7 Å². The van der Waals surface area contributed by atoms with E-state index in [9.17, 15) is 9.59 Å². The third kappa shape index (κ3) is 3.71. The van der Waals surface area contributed by atoms with Gasteiger partial charge in [-0.05, 0) is 72.7 Å². The van der Waals surface area contributed by atoms with Crippen LogP contribution in [0, 0.1) is 13.8 Å². The van der Waals surface area contributed by atoms with E-state index in [1.165, 1.54) is 5.56 Å². The van der Waals surface area contributed by atoms with Crippen LogP contribution in [0.25, 0.3) is 10.9 Å². The van der Waals surface area contributed by atoms with E-state index in [1.54, 1.807) is 0 Å². The number of rotatable bonds is 5. The van der Waals surface area contributed by atoms with Crippen LogP contribution in [0.3, 0.4) is 0 Å². The standard InChI is InChI=1S/C22H22N2O4/c1-13-7-17-10-16(22(26)24-18(17)8-14(13)2)4-6-21(25)23-11-15-3-5-19-20(9-15)28-12-27-19/h3,5,7-10H,4,6,11-12H2,1-2H3,(H,23,25)(H,24,26). The first-order valence-corrected chi connectivity index (χ1v) is 9.28. The molecule has 0 aliphatic carbocycles. The number of nitrogens with one attached hydrogen (secondary N) is 2. The Morgan fingerprint density at radius 3 is 2.71 bits per heavy atom. The Kier molecular flexibility index (Phi) is 4.77. The number of pyridine rings is 1. The van der Waals surface area contributed by atoms with E-state index in [1.807, 2.05) is 44.2 Å². The second-order valence-corrected chi connectivity index (χ2v) is 7.11. The Bertz CT molecular complexity index is 1120. The van der Waals surface area contributed by atoms with Crippen molar-refractivity contribution >= 4 is 16.8 Å². The Morgan fingerprint density at radius 1 is 1.07 bits per heavy atom. The summed E-state index contributed by atoms with van der Waals surface area (Å²) in [4.78, 5) is 27.5. The number of aryl methyl sites for hydroxylation is 3. The second-order valence-electron chi connectivity index (χ2n) is 7.11. The van der Waals surface area contributed by atoms with Crippen LogP contribution in [0.1, 0.15) is 28.7 Å². The fourth-order valence-corrected chi connectivity index (χ4v) is 3.30. The minimum atomic E-state index is -0.140. The monoisotopic (exact) mass is 378 g/mol. The lowest BCUT2D eigenvalue weighted by Crippen LogP contribution is -2.24. The Hall–Kier alpha value is -3.28. The number of amides is 1. The normalized spacial score (nSPS) is 12.4. The van der Waals surface area contributed by atoms with Crippen molar-refractivity contribution in [2.24, 2.45) is 0 Å². The molecule has 144 valence electrons. The fourth-order valence-electron chi connectivity index (χ4n) is 3.30. The lowest BCUT2D eigenvalue weighted by Gasteiger charge is -2.08. The first kappa shape index (κ1) is 18.1. The van der Waals surface area contributed by atoms with Crippen LogP contribution >= 0.6 is 0 Å². The average Bonchev–Trinajstić information content (AvgIpc) is 3.14. The number of hydrogen-bond donors (Lipinski definition) is 2. The van der Waals surface area contributed by atoms with E-state index in [2.05, 4.69) is 16.4 Å². The number of aromatic nitrogens is 1. The van der Waals surface area contributed by atoms with Crippen molar-refractivity contribution in [1.82, 2.24) is 10.3 Å². The van der Waals surface area contributed by atoms with Gasteiger partial charge in [0, 0.05) is 24.0 Å². The summed E-state index contributed by atoms with van der Waals surface area (Å²) < 4.78 is 10.6. The third-order valence-corrected chi connectivity index (χ3v) is 5.08. The molecule has 0 unspecified atom stereocenters. The minimum absolute atomic E-state index is 0.0998. The Morgan fingerprint density at radius 2 is 1.86 bits per heavy atom. The van der Waals surface area contributed by atoms with Gasteiger partial charge >= 0.3 is 0 Å². The molecule has 4 rings (SSSR count). The predicted octanol–water partition coefficient (Wildman–Crippen LogP) is 3.12. The number of H-pyrrole nitrogens is 1. The highest BCUT2D eigenvalue weighted by Gasteiger charge is 2.13. The number of aromatic amines is 1. The van der Waals surface area contributed by atoms with Crippen LogP contribution in [-0.2, 0) is 17.8 Å². The first-order chi connectivity index (χ1) is 13.5. The van der Waals surface area contributed by atoms with E-state index < -0.39 is 0 Å². The van der Waals surface area contributed by atoms with Crippen LogP contribution in [0.2, 0.25) is 0 Å². The molecule has 1 aliphatic rings. The molecule has 3 aromatic rings. The molecule has 1 aromatic heterocycles. The molecule has 28 heavy (non-hydrogen) atoms. The van der Waals surface area contributed by atoms with E-state index in [0.29, 0.717) is 24.3 Å². The highest BCUT2D eigenvalue weighted by molar-refractivity contribution is 5.81. The molecule has 6 nitrogen and oxygen atoms in total. The molecular formula is C22H22N2O4. The van der Waals surface area contributed by atoms with E-state index >= 15 is 0 Å². The molecule has 6 heteroatoms. The fraction of sp³-hybridized carbons (Fsp3) is 0.273. The lowest BCUT2D eigenvalue weighted by atomic mass is 10.0. The van der Waals surface area contributed by atoms with Crippen LogP contribution in [0.15, 0.2) is 41.2 Å². The Balaban J connectivity index is 1.38. The van der Waals surface area contributed by atoms with E-state index in [4.69, 9.17) is 9.47 Å². The van der Waals surface area contributed by atoms with Gasteiger partial charge in [0.1, 0.15) is 0 Å². The van der Waals surface area contributed by atoms with Gasteiger partial charge in [0.05, 0.1) is 0 Å². The van der Waals surface area contributed by atoms with Crippen molar-refractivity contribution in [1.29, 1.82) is 0 Å². The molecule has 2 heterocycles. The number of carbonyl (C=O) groups excluding carboxylic acids is 1. The smallest absolute Gasteiger partial charge is 0.251 e. The molecule has 1 aliphatic heterocycles. The van der Waals surface area contributed by atoms with Crippen LogP contribution in [0.5, 0.6) is 11.5 Å². The third-order valence-electron chi connectivity index (χ3n) is 5.08. The molecule has 0 saturated carbocycles. The van der Waals surface area contributed by atoms with Gasteiger partial charge in [-0.2, -0.15) is 0 Å². The maximum Gasteiger partial charge on any atom is 0.251 e. The summed E-state index contributed by atoms with van der Waals surface area (Å²) in [6.07, 6.45) is 0.648.